The van der Waals surface area contributed by atoms with Crippen molar-refractivity contribution in [1.82, 2.24) is 20.5 Å². The molecule has 0 aliphatic carbocycles. The van der Waals surface area contributed by atoms with Gasteiger partial charge >= 0.3 is 0 Å². The Bertz CT molecular complexity index is 606. The van der Waals surface area contributed by atoms with Crippen LogP contribution >= 0.6 is 11.8 Å². The second kappa shape index (κ2) is 8.95. The van der Waals surface area contributed by atoms with Crippen molar-refractivity contribution < 1.29 is 0 Å². The Kier molecular flexibility index (Phi) is 6.64. The summed E-state index contributed by atoms with van der Waals surface area (Å²) < 4.78 is 0.330. The van der Waals surface area contributed by atoms with Gasteiger partial charge in [0.05, 0.1) is 0 Å². The lowest BCUT2D eigenvalue weighted by Gasteiger charge is -2.34. The number of hydrogen-bond donors (Lipinski definition) is 2. The molecule has 26 heavy (non-hydrogen) atoms. The molecule has 7 heteroatoms. The van der Waals surface area contributed by atoms with Crippen molar-refractivity contribution in [2.24, 2.45) is 4.99 Å². The number of aromatic nitrogens is 1. The number of thioether (sulfide) groups is 1. The van der Waals surface area contributed by atoms with Crippen LogP contribution in [0.25, 0.3) is 0 Å². The summed E-state index contributed by atoms with van der Waals surface area (Å²) in [4.78, 5) is 13.8. The molecule has 1 aromatic rings. The average Bonchev–Trinajstić information content (AvgIpc) is 3.10. The summed E-state index contributed by atoms with van der Waals surface area (Å²) in [5.41, 5.74) is 1.22. The molecule has 2 aliphatic rings. The zero-order chi connectivity index (χ0) is 18.4. The lowest BCUT2D eigenvalue weighted by Crippen LogP contribution is -2.46. The summed E-state index contributed by atoms with van der Waals surface area (Å²) in [6.07, 6.45) is 4.49. The van der Waals surface area contributed by atoms with E-state index in [0.717, 1.165) is 51.0 Å². The Labute approximate surface area is 161 Å². The lowest BCUT2D eigenvalue weighted by atomic mass is 10.1. The third-order valence-corrected chi connectivity index (χ3v) is 6.81. The van der Waals surface area contributed by atoms with E-state index in [4.69, 9.17) is 0 Å². The van der Waals surface area contributed by atoms with Crippen LogP contribution in [0.15, 0.2) is 23.3 Å². The van der Waals surface area contributed by atoms with Crippen molar-refractivity contribution in [2.45, 2.75) is 31.1 Å². The molecule has 2 N–H and O–H groups in total. The maximum absolute atomic E-state index is 4.66. The van der Waals surface area contributed by atoms with Gasteiger partial charge in [0.15, 0.2) is 5.96 Å². The van der Waals surface area contributed by atoms with Gasteiger partial charge in [-0.05, 0) is 38.6 Å². The molecule has 2 aliphatic heterocycles. The van der Waals surface area contributed by atoms with Gasteiger partial charge in [-0.25, -0.2) is 4.98 Å². The second-order valence-electron chi connectivity index (χ2n) is 7.46. The topological polar surface area (TPSA) is 55.8 Å². The predicted octanol–water partition coefficient (Wildman–Crippen LogP) is 1.78. The van der Waals surface area contributed by atoms with E-state index in [1.807, 2.05) is 19.3 Å². The number of anilines is 1. The highest BCUT2D eigenvalue weighted by atomic mass is 32.2. The van der Waals surface area contributed by atoms with Gasteiger partial charge in [0, 0.05) is 62.8 Å². The second-order valence-corrected chi connectivity index (χ2v) is 9.14. The highest BCUT2D eigenvalue weighted by Gasteiger charge is 2.29. The van der Waals surface area contributed by atoms with Gasteiger partial charge in [0.25, 0.3) is 0 Å². The van der Waals surface area contributed by atoms with Crippen LogP contribution < -0.4 is 15.5 Å². The normalized spacial score (nSPS) is 24.7. The van der Waals surface area contributed by atoms with Gasteiger partial charge in [-0.15, -0.1) is 0 Å². The fraction of sp³-hybridized carbons (Fsp3) is 0.684. The van der Waals surface area contributed by atoms with Crippen molar-refractivity contribution in [3.05, 3.63) is 23.9 Å². The molecule has 0 saturated carbocycles. The first-order valence-corrected chi connectivity index (χ1v) is 10.5. The van der Waals surface area contributed by atoms with Gasteiger partial charge < -0.3 is 20.4 Å². The van der Waals surface area contributed by atoms with E-state index < -0.39 is 0 Å². The SMILES string of the molecule is CN=C(NCc1cccnc1N1CCN(C)CC1)NCC1(C)CCCS1. The number of hydrogen-bond acceptors (Lipinski definition) is 5. The average molecular weight is 377 g/mol. The minimum atomic E-state index is 0.330. The first-order chi connectivity index (χ1) is 12.6. The number of likely N-dealkylation sites (N-methyl/N-ethyl adjacent to an activating group) is 1. The van der Waals surface area contributed by atoms with E-state index in [2.05, 4.69) is 62.2 Å². The zero-order valence-electron chi connectivity index (χ0n) is 16.3. The molecule has 0 radical (unpaired) electrons. The highest BCUT2D eigenvalue weighted by Crippen LogP contribution is 2.36. The van der Waals surface area contributed by atoms with E-state index in [1.54, 1.807) is 0 Å². The molecule has 0 aromatic carbocycles. The number of nitrogens with zero attached hydrogens (tertiary/aromatic N) is 4. The van der Waals surface area contributed by atoms with Gasteiger partial charge in [-0.3, -0.25) is 4.99 Å². The number of guanidine groups is 1. The Morgan fingerprint density at radius 2 is 2.12 bits per heavy atom. The molecule has 0 spiro atoms. The van der Waals surface area contributed by atoms with Gasteiger partial charge in [0.2, 0.25) is 0 Å². The van der Waals surface area contributed by atoms with Crippen molar-refractivity contribution in [3.8, 4) is 0 Å². The van der Waals surface area contributed by atoms with E-state index in [-0.39, 0.29) is 0 Å². The lowest BCUT2D eigenvalue weighted by molar-refractivity contribution is 0.312. The van der Waals surface area contributed by atoms with E-state index in [9.17, 15) is 0 Å². The fourth-order valence-electron chi connectivity index (χ4n) is 3.52. The molecular formula is C19H32N6S. The van der Waals surface area contributed by atoms with Crippen LogP contribution in [0.2, 0.25) is 0 Å². The molecular weight excluding hydrogens is 344 g/mol. The van der Waals surface area contributed by atoms with Crippen LogP contribution in [0.4, 0.5) is 5.82 Å². The molecule has 1 aromatic heterocycles. The molecule has 1 atom stereocenters. The number of piperazine rings is 1. The number of nitrogens with one attached hydrogen (secondary N) is 2. The summed E-state index contributed by atoms with van der Waals surface area (Å²) in [5, 5.41) is 6.97. The van der Waals surface area contributed by atoms with Crippen molar-refractivity contribution >= 4 is 23.5 Å². The van der Waals surface area contributed by atoms with Crippen molar-refractivity contribution in [2.75, 3.05) is 57.5 Å². The third kappa shape index (κ3) is 5.04. The fourth-order valence-corrected chi connectivity index (χ4v) is 4.76. The van der Waals surface area contributed by atoms with Gasteiger partial charge in [-0.1, -0.05) is 6.07 Å². The van der Waals surface area contributed by atoms with Crippen LogP contribution in [-0.4, -0.2) is 73.2 Å². The molecule has 0 amide bonds. The van der Waals surface area contributed by atoms with Crippen LogP contribution in [0.1, 0.15) is 25.3 Å². The van der Waals surface area contributed by atoms with Crippen molar-refractivity contribution in [1.29, 1.82) is 0 Å². The minimum Gasteiger partial charge on any atom is -0.355 e. The summed E-state index contributed by atoms with van der Waals surface area (Å²) in [6.45, 7) is 8.27. The molecule has 2 saturated heterocycles. The number of aliphatic imine (C=N–C) groups is 1. The van der Waals surface area contributed by atoms with Crippen LogP contribution in [-0.2, 0) is 6.54 Å². The summed E-state index contributed by atoms with van der Waals surface area (Å²) in [7, 11) is 4.01. The van der Waals surface area contributed by atoms with E-state index in [0.29, 0.717) is 4.75 Å². The molecule has 3 rings (SSSR count). The Morgan fingerprint density at radius 1 is 1.31 bits per heavy atom. The minimum absolute atomic E-state index is 0.330. The largest absolute Gasteiger partial charge is 0.355 e. The smallest absolute Gasteiger partial charge is 0.191 e. The Morgan fingerprint density at radius 3 is 2.81 bits per heavy atom. The van der Waals surface area contributed by atoms with E-state index in [1.165, 1.54) is 24.2 Å². The summed E-state index contributed by atoms with van der Waals surface area (Å²) >= 11 is 2.07. The monoisotopic (exact) mass is 376 g/mol. The molecule has 3 heterocycles. The maximum atomic E-state index is 4.66. The standard InChI is InChI=1S/C19H32N6S/c1-19(7-5-13-26-19)15-23-18(20-2)22-14-16-6-4-8-21-17(16)25-11-9-24(3)10-12-25/h4,6,8H,5,7,9-15H2,1-3H3,(H2,20,22,23). The molecule has 2 fully saturated rings. The highest BCUT2D eigenvalue weighted by molar-refractivity contribution is 8.00. The Hall–Kier alpha value is -1.47. The van der Waals surface area contributed by atoms with Crippen molar-refractivity contribution in [3.63, 3.8) is 0 Å². The number of pyridine rings is 1. The summed E-state index contributed by atoms with van der Waals surface area (Å²) in [6, 6.07) is 4.18. The predicted molar refractivity (Wildman–Crippen MR) is 112 cm³/mol. The Balaban J connectivity index is 1.56. The van der Waals surface area contributed by atoms with Gasteiger partial charge in [-0.2, -0.15) is 11.8 Å². The summed E-state index contributed by atoms with van der Waals surface area (Å²) in [5.74, 6) is 3.24. The quantitative estimate of drug-likeness (QED) is 0.604. The first-order valence-electron chi connectivity index (χ1n) is 9.55. The molecule has 1 unspecified atom stereocenters. The van der Waals surface area contributed by atoms with Crippen LogP contribution in [0, 0.1) is 0 Å². The first kappa shape index (κ1) is 19.3. The molecule has 144 valence electrons. The number of rotatable bonds is 5. The van der Waals surface area contributed by atoms with Crippen LogP contribution in [0.5, 0.6) is 0 Å². The molecule has 0 bridgehead atoms. The van der Waals surface area contributed by atoms with E-state index >= 15 is 0 Å². The molecule has 6 nitrogen and oxygen atoms in total. The van der Waals surface area contributed by atoms with Crippen LogP contribution in [0.3, 0.4) is 0 Å². The van der Waals surface area contributed by atoms with Gasteiger partial charge in [0.1, 0.15) is 5.82 Å². The maximum Gasteiger partial charge on any atom is 0.191 e. The zero-order valence-corrected chi connectivity index (χ0v) is 17.1. The third-order valence-electron chi connectivity index (χ3n) is 5.27.